The molecule has 0 saturated carbocycles. The summed E-state index contributed by atoms with van der Waals surface area (Å²) in [5.74, 6) is 2.23. The summed E-state index contributed by atoms with van der Waals surface area (Å²) >= 11 is 0. The number of anilines is 2. The second-order valence-electron chi connectivity index (χ2n) is 4.35. The molecule has 8 heteroatoms. The van der Waals surface area contributed by atoms with Crippen molar-refractivity contribution in [2.24, 2.45) is 0 Å². The van der Waals surface area contributed by atoms with Crippen molar-refractivity contribution in [3.8, 4) is 17.2 Å². The lowest BCUT2D eigenvalue weighted by Gasteiger charge is -2.14. The number of nitrogen functional groups attached to an aromatic ring is 2. The summed E-state index contributed by atoms with van der Waals surface area (Å²) in [6, 6.07) is 3.72. The highest BCUT2D eigenvalue weighted by Gasteiger charge is 2.14. The van der Waals surface area contributed by atoms with Gasteiger partial charge in [-0.3, -0.25) is 0 Å². The first-order valence-electron chi connectivity index (χ1n) is 6.24. The Morgan fingerprint density at radius 1 is 1.00 bits per heavy atom. The Balaban J connectivity index is 0.00000242. The Bertz CT molecular complexity index is 627. The second kappa shape index (κ2) is 7.30. The molecule has 22 heavy (non-hydrogen) atoms. The molecule has 120 valence electrons. The van der Waals surface area contributed by atoms with E-state index in [0.29, 0.717) is 29.5 Å². The van der Waals surface area contributed by atoms with Crippen LogP contribution in [0.4, 0.5) is 11.8 Å². The zero-order chi connectivity index (χ0) is 15.4. The van der Waals surface area contributed by atoms with Crippen LogP contribution in [0.5, 0.6) is 17.2 Å². The quantitative estimate of drug-likeness (QED) is 0.675. The van der Waals surface area contributed by atoms with Crippen LogP contribution in [0, 0.1) is 0 Å². The number of rotatable bonds is 5. The fourth-order valence-corrected chi connectivity index (χ4v) is 2.03. The molecule has 0 unspecified atom stereocenters. The standard InChI is InChI=1S/C14H18N4O3.FH/c1-19-10-5-8(6-11(20-2)12(10)21-3)4-9-7-17-14(16)18-13(9)15;/h5-7H,4H2,1-3H3,(H4,15,16,17,18);1H/p-1. The smallest absolute Gasteiger partial charge is 0.221 e. The van der Waals surface area contributed by atoms with E-state index < -0.39 is 0 Å². The molecule has 1 aromatic heterocycles. The molecular formula is C14H18FN4O3-. The fourth-order valence-electron chi connectivity index (χ4n) is 2.03. The molecule has 0 bridgehead atoms. The average molecular weight is 309 g/mol. The third-order valence-corrected chi connectivity index (χ3v) is 3.04. The highest BCUT2D eigenvalue weighted by molar-refractivity contribution is 5.55. The maximum Gasteiger partial charge on any atom is 0.221 e. The predicted molar refractivity (Wildman–Crippen MR) is 79.8 cm³/mol. The first-order valence-corrected chi connectivity index (χ1v) is 6.24. The number of hydrogen-bond acceptors (Lipinski definition) is 7. The molecule has 1 aromatic carbocycles. The SMILES string of the molecule is COc1cc(Cc2cnc(N)nc2N)cc(OC)c1OC.[F-]. The van der Waals surface area contributed by atoms with E-state index in [-0.39, 0.29) is 10.7 Å². The van der Waals surface area contributed by atoms with Gasteiger partial charge >= 0.3 is 0 Å². The highest BCUT2D eigenvalue weighted by Crippen LogP contribution is 2.38. The lowest BCUT2D eigenvalue weighted by Crippen LogP contribution is -3.00. The molecule has 0 spiro atoms. The average Bonchev–Trinajstić information content (AvgIpc) is 2.49. The third-order valence-electron chi connectivity index (χ3n) is 3.04. The van der Waals surface area contributed by atoms with Gasteiger partial charge in [-0.15, -0.1) is 0 Å². The van der Waals surface area contributed by atoms with Gasteiger partial charge in [0.05, 0.1) is 21.3 Å². The molecule has 4 N–H and O–H groups in total. The van der Waals surface area contributed by atoms with E-state index in [0.717, 1.165) is 11.1 Å². The minimum Gasteiger partial charge on any atom is -1.00 e. The number of methoxy groups -OCH3 is 3. The maximum absolute atomic E-state index is 5.85. The van der Waals surface area contributed by atoms with Gasteiger partial charge in [0, 0.05) is 18.2 Å². The predicted octanol–water partition coefficient (Wildman–Crippen LogP) is -1.74. The molecular weight excluding hydrogens is 291 g/mol. The Labute approximate surface area is 127 Å². The number of halogens is 1. The molecule has 0 aliphatic heterocycles. The number of nitrogens with zero attached hydrogens (tertiary/aromatic N) is 2. The molecule has 0 atom stereocenters. The molecule has 0 saturated heterocycles. The maximum atomic E-state index is 5.85. The summed E-state index contributed by atoms with van der Waals surface area (Å²) in [7, 11) is 4.70. The van der Waals surface area contributed by atoms with Crippen molar-refractivity contribution in [1.82, 2.24) is 9.97 Å². The van der Waals surface area contributed by atoms with Gasteiger partial charge in [0.25, 0.3) is 0 Å². The van der Waals surface area contributed by atoms with E-state index >= 15 is 0 Å². The van der Waals surface area contributed by atoms with Gasteiger partial charge in [0.1, 0.15) is 5.82 Å². The lowest BCUT2D eigenvalue weighted by atomic mass is 10.1. The summed E-state index contributed by atoms with van der Waals surface area (Å²) in [6.07, 6.45) is 2.14. The third kappa shape index (κ3) is 3.46. The van der Waals surface area contributed by atoms with Crippen LogP contribution < -0.4 is 30.4 Å². The highest BCUT2D eigenvalue weighted by atomic mass is 19.0. The molecule has 2 rings (SSSR count). The number of ether oxygens (including phenoxy) is 3. The molecule has 0 aliphatic carbocycles. The van der Waals surface area contributed by atoms with Crippen molar-refractivity contribution in [2.75, 3.05) is 32.8 Å². The second-order valence-corrected chi connectivity index (χ2v) is 4.35. The van der Waals surface area contributed by atoms with Gasteiger partial charge in [0.15, 0.2) is 11.5 Å². The van der Waals surface area contributed by atoms with Crippen molar-refractivity contribution in [3.05, 3.63) is 29.5 Å². The molecule has 1 heterocycles. The van der Waals surface area contributed by atoms with Crippen LogP contribution in [0.15, 0.2) is 18.3 Å². The summed E-state index contributed by atoms with van der Waals surface area (Å²) in [6.45, 7) is 0. The first kappa shape index (κ1) is 17.3. The van der Waals surface area contributed by atoms with Gasteiger partial charge in [-0.05, 0) is 17.7 Å². The molecule has 0 aliphatic rings. The fraction of sp³-hybridized carbons (Fsp3) is 0.286. The van der Waals surface area contributed by atoms with Gasteiger partial charge < -0.3 is 30.4 Å². The summed E-state index contributed by atoms with van der Waals surface area (Å²) in [5.41, 5.74) is 13.1. The van der Waals surface area contributed by atoms with E-state index in [1.165, 1.54) is 0 Å². The van der Waals surface area contributed by atoms with Crippen LogP contribution in [-0.2, 0) is 6.42 Å². The summed E-state index contributed by atoms with van der Waals surface area (Å²) in [4.78, 5) is 7.90. The van der Waals surface area contributed by atoms with Crippen LogP contribution in [-0.4, -0.2) is 31.3 Å². The van der Waals surface area contributed by atoms with Gasteiger partial charge in [-0.1, -0.05) is 0 Å². The normalized spacial score (nSPS) is 9.77. The van der Waals surface area contributed by atoms with Crippen molar-refractivity contribution < 1.29 is 18.9 Å². The van der Waals surface area contributed by atoms with Crippen LogP contribution in [0.3, 0.4) is 0 Å². The zero-order valence-electron chi connectivity index (χ0n) is 12.6. The number of nitrogens with two attached hydrogens (primary N) is 2. The number of aromatic nitrogens is 2. The Morgan fingerprint density at radius 2 is 1.59 bits per heavy atom. The molecule has 2 aromatic rings. The Morgan fingerprint density at radius 3 is 2.05 bits per heavy atom. The minimum atomic E-state index is 0. The first-order chi connectivity index (χ1) is 10.1. The minimum absolute atomic E-state index is 0. The van der Waals surface area contributed by atoms with E-state index in [9.17, 15) is 0 Å². The van der Waals surface area contributed by atoms with E-state index in [4.69, 9.17) is 25.7 Å². The molecule has 7 nitrogen and oxygen atoms in total. The number of benzene rings is 1. The van der Waals surface area contributed by atoms with Crippen LogP contribution in [0.2, 0.25) is 0 Å². The molecule has 0 amide bonds. The summed E-state index contributed by atoms with van der Waals surface area (Å²) < 4.78 is 15.9. The zero-order valence-corrected chi connectivity index (χ0v) is 12.6. The van der Waals surface area contributed by atoms with Crippen molar-refractivity contribution in [1.29, 1.82) is 0 Å². The Hall–Kier alpha value is -2.77. The van der Waals surface area contributed by atoms with Crippen LogP contribution in [0.25, 0.3) is 0 Å². The largest absolute Gasteiger partial charge is 1.00 e. The molecule has 0 fully saturated rings. The van der Waals surface area contributed by atoms with Crippen molar-refractivity contribution in [2.45, 2.75) is 6.42 Å². The number of hydrogen-bond donors (Lipinski definition) is 2. The topological polar surface area (TPSA) is 106 Å². The lowest BCUT2D eigenvalue weighted by molar-refractivity contribution is -0.00000540. The van der Waals surface area contributed by atoms with E-state index in [1.807, 2.05) is 12.1 Å². The Kier molecular flexibility index (Phi) is 5.73. The van der Waals surface area contributed by atoms with Gasteiger partial charge in [-0.2, -0.15) is 4.98 Å². The van der Waals surface area contributed by atoms with Crippen LogP contribution >= 0.6 is 0 Å². The van der Waals surface area contributed by atoms with Crippen molar-refractivity contribution >= 4 is 11.8 Å². The summed E-state index contributed by atoms with van der Waals surface area (Å²) in [5, 5.41) is 0. The van der Waals surface area contributed by atoms with Gasteiger partial charge in [-0.25, -0.2) is 4.98 Å². The van der Waals surface area contributed by atoms with Crippen LogP contribution in [0.1, 0.15) is 11.1 Å². The monoisotopic (exact) mass is 309 g/mol. The van der Waals surface area contributed by atoms with E-state index in [2.05, 4.69) is 9.97 Å². The van der Waals surface area contributed by atoms with E-state index in [1.54, 1.807) is 27.5 Å². The molecule has 0 radical (unpaired) electrons. The van der Waals surface area contributed by atoms with Crippen molar-refractivity contribution in [3.63, 3.8) is 0 Å². The van der Waals surface area contributed by atoms with Gasteiger partial charge in [0.2, 0.25) is 11.7 Å².